The van der Waals surface area contributed by atoms with E-state index >= 15 is 0 Å². The summed E-state index contributed by atoms with van der Waals surface area (Å²) in [4.78, 5) is 18.4. The van der Waals surface area contributed by atoms with Gasteiger partial charge in [-0.1, -0.05) is 0 Å². The summed E-state index contributed by atoms with van der Waals surface area (Å²) in [5.74, 6) is 0.507. The zero-order valence-corrected chi connectivity index (χ0v) is 12.6. The number of nitrogens with one attached hydrogen (secondary N) is 1. The molecule has 0 bridgehead atoms. The first-order chi connectivity index (χ1) is 10.5. The van der Waals surface area contributed by atoms with E-state index in [9.17, 15) is 9.18 Å². The van der Waals surface area contributed by atoms with E-state index in [2.05, 4.69) is 10.3 Å². The minimum absolute atomic E-state index is 0.104. The standard InChI is InChI=1S/C17H18FN3O/c1-11(2)21-15-9-16(19-10-12(15)3-8-17(21)22)20-14-6-4-13(18)5-7-14/h4-7,9-11H,3,8H2,1-2H3,(H,19,20). The van der Waals surface area contributed by atoms with Crippen LogP contribution in [0.25, 0.3) is 0 Å². The number of carbonyl (C=O) groups is 1. The number of aromatic nitrogens is 1. The number of benzene rings is 1. The van der Waals surface area contributed by atoms with Gasteiger partial charge < -0.3 is 10.2 Å². The highest BCUT2D eigenvalue weighted by Crippen LogP contribution is 2.31. The molecule has 0 saturated heterocycles. The first kappa shape index (κ1) is 14.5. The summed E-state index contributed by atoms with van der Waals surface area (Å²) < 4.78 is 12.9. The van der Waals surface area contributed by atoms with E-state index in [1.807, 2.05) is 31.0 Å². The average molecular weight is 299 g/mol. The van der Waals surface area contributed by atoms with E-state index in [0.717, 1.165) is 23.4 Å². The quantitative estimate of drug-likeness (QED) is 0.941. The Morgan fingerprint density at radius 3 is 2.64 bits per heavy atom. The van der Waals surface area contributed by atoms with Gasteiger partial charge in [-0.15, -0.1) is 0 Å². The maximum Gasteiger partial charge on any atom is 0.227 e. The zero-order valence-electron chi connectivity index (χ0n) is 12.6. The second-order valence-electron chi connectivity index (χ2n) is 5.69. The third-order valence-corrected chi connectivity index (χ3v) is 3.73. The van der Waals surface area contributed by atoms with Gasteiger partial charge in [0.1, 0.15) is 11.6 Å². The number of hydrogen-bond acceptors (Lipinski definition) is 3. The molecule has 4 nitrogen and oxygen atoms in total. The van der Waals surface area contributed by atoms with Crippen molar-refractivity contribution in [3.05, 3.63) is 47.9 Å². The third kappa shape index (κ3) is 2.79. The van der Waals surface area contributed by atoms with Crippen LogP contribution in [0.3, 0.4) is 0 Å². The Balaban J connectivity index is 1.92. The summed E-state index contributed by atoms with van der Waals surface area (Å²) in [6.07, 6.45) is 3.06. The molecule has 1 amide bonds. The van der Waals surface area contributed by atoms with Gasteiger partial charge in [-0.3, -0.25) is 4.79 Å². The molecule has 1 aromatic carbocycles. The maximum absolute atomic E-state index is 12.9. The Labute approximate surface area is 129 Å². The lowest BCUT2D eigenvalue weighted by Gasteiger charge is -2.32. The fraction of sp³-hybridized carbons (Fsp3) is 0.294. The monoisotopic (exact) mass is 299 g/mol. The molecule has 22 heavy (non-hydrogen) atoms. The summed E-state index contributed by atoms with van der Waals surface area (Å²) in [7, 11) is 0. The van der Waals surface area contributed by atoms with Crippen molar-refractivity contribution in [3.8, 4) is 0 Å². The van der Waals surface area contributed by atoms with E-state index in [0.29, 0.717) is 12.2 Å². The summed E-state index contributed by atoms with van der Waals surface area (Å²) in [5.41, 5.74) is 2.75. The highest BCUT2D eigenvalue weighted by Gasteiger charge is 2.26. The second kappa shape index (κ2) is 5.75. The second-order valence-corrected chi connectivity index (χ2v) is 5.69. The van der Waals surface area contributed by atoms with Gasteiger partial charge in [-0.05, 0) is 50.1 Å². The minimum atomic E-state index is -0.277. The molecule has 1 aliphatic rings. The molecule has 2 heterocycles. The Kier molecular flexibility index (Phi) is 3.79. The molecule has 0 fully saturated rings. The largest absolute Gasteiger partial charge is 0.340 e. The number of halogens is 1. The molecule has 1 N–H and O–H groups in total. The maximum atomic E-state index is 12.9. The first-order valence-corrected chi connectivity index (χ1v) is 7.38. The smallest absolute Gasteiger partial charge is 0.227 e. The Hall–Kier alpha value is -2.43. The van der Waals surface area contributed by atoms with Crippen molar-refractivity contribution in [1.29, 1.82) is 0 Å². The highest BCUT2D eigenvalue weighted by molar-refractivity contribution is 5.97. The van der Waals surface area contributed by atoms with Crippen LogP contribution in [0.1, 0.15) is 25.8 Å². The Morgan fingerprint density at radius 2 is 1.95 bits per heavy atom. The van der Waals surface area contributed by atoms with Crippen molar-refractivity contribution in [2.24, 2.45) is 0 Å². The molecule has 1 aliphatic heterocycles. The van der Waals surface area contributed by atoms with Crippen LogP contribution in [0.2, 0.25) is 0 Å². The fourth-order valence-corrected chi connectivity index (χ4v) is 2.70. The van der Waals surface area contributed by atoms with Crippen LogP contribution < -0.4 is 10.2 Å². The summed E-state index contributed by atoms with van der Waals surface area (Å²) in [6, 6.07) is 8.09. The first-order valence-electron chi connectivity index (χ1n) is 7.38. The van der Waals surface area contributed by atoms with Crippen molar-refractivity contribution in [1.82, 2.24) is 4.98 Å². The number of fused-ring (bicyclic) bond motifs is 1. The number of rotatable bonds is 3. The lowest BCUT2D eigenvalue weighted by molar-refractivity contribution is -0.119. The molecular formula is C17H18FN3O. The highest BCUT2D eigenvalue weighted by atomic mass is 19.1. The molecule has 114 valence electrons. The Morgan fingerprint density at radius 1 is 1.23 bits per heavy atom. The van der Waals surface area contributed by atoms with Crippen molar-refractivity contribution >= 4 is 23.1 Å². The van der Waals surface area contributed by atoms with Crippen LogP contribution in [0.5, 0.6) is 0 Å². The van der Waals surface area contributed by atoms with Gasteiger partial charge in [0.25, 0.3) is 0 Å². The number of anilines is 3. The molecule has 1 aromatic heterocycles. The van der Waals surface area contributed by atoms with Crippen molar-refractivity contribution in [2.75, 3.05) is 10.2 Å². The van der Waals surface area contributed by atoms with Crippen LogP contribution in [0, 0.1) is 5.82 Å². The predicted octanol–water partition coefficient (Wildman–Crippen LogP) is 3.65. The normalized spacial score (nSPS) is 14.2. The fourth-order valence-electron chi connectivity index (χ4n) is 2.70. The topological polar surface area (TPSA) is 45.2 Å². The van der Waals surface area contributed by atoms with Crippen LogP contribution in [0.15, 0.2) is 36.5 Å². The predicted molar refractivity (Wildman–Crippen MR) is 84.9 cm³/mol. The summed E-state index contributed by atoms with van der Waals surface area (Å²) in [5, 5.41) is 3.14. The SMILES string of the molecule is CC(C)N1C(=O)CCc2cnc(Nc3ccc(F)cc3)cc21. The van der Waals surface area contributed by atoms with Crippen molar-refractivity contribution < 1.29 is 9.18 Å². The van der Waals surface area contributed by atoms with Crippen LogP contribution in [-0.4, -0.2) is 16.9 Å². The molecule has 0 atom stereocenters. The van der Waals surface area contributed by atoms with Crippen molar-refractivity contribution in [3.63, 3.8) is 0 Å². The number of nitrogens with zero attached hydrogens (tertiary/aromatic N) is 2. The molecule has 2 aromatic rings. The molecule has 0 radical (unpaired) electrons. The van der Waals surface area contributed by atoms with Gasteiger partial charge in [-0.25, -0.2) is 9.37 Å². The van der Waals surface area contributed by atoms with E-state index in [4.69, 9.17) is 0 Å². The van der Waals surface area contributed by atoms with Gasteiger partial charge in [0.05, 0.1) is 5.69 Å². The molecule has 5 heteroatoms. The molecule has 0 spiro atoms. The molecule has 0 aliphatic carbocycles. The van der Waals surface area contributed by atoms with E-state index in [-0.39, 0.29) is 17.8 Å². The lowest BCUT2D eigenvalue weighted by Crippen LogP contribution is -2.40. The summed E-state index contributed by atoms with van der Waals surface area (Å²) in [6.45, 7) is 4.00. The van der Waals surface area contributed by atoms with Gasteiger partial charge in [0.15, 0.2) is 0 Å². The summed E-state index contributed by atoms with van der Waals surface area (Å²) >= 11 is 0. The third-order valence-electron chi connectivity index (χ3n) is 3.73. The minimum Gasteiger partial charge on any atom is -0.340 e. The number of hydrogen-bond donors (Lipinski definition) is 1. The average Bonchev–Trinajstić information content (AvgIpc) is 2.49. The van der Waals surface area contributed by atoms with E-state index in [1.165, 1.54) is 12.1 Å². The van der Waals surface area contributed by atoms with Crippen LogP contribution in [0.4, 0.5) is 21.6 Å². The van der Waals surface area contributed by atoms with Gasteiger partial charge >= 0.3 is 0 Å². The number of carbonyl (C=O) groups excluding carboxylic acids is 1. The van der Waals surface area contributed by atoms with Gasteiger partial charge in [0, 0.05) is 30.4 Å². The van der Waals surface area contributed by atoms with Crippen molar-refractivity contribution in [2.45, 2.75) is 32.7 Å². The van der Waals surface area contributed by atoms with E-state index in [1.54, 1.807) is 12.1 Å². The molecular weight excluding hydrogens is 281 g/mol. The van der Waals surface area contributed by atoms with Crippen LogP contribution >= 0.6 is 0 Å². The van der Waals surface area contributed by atoms with Crippen LogP contribution in [-0.2, 0) is 11.2 Å². The molecule has 0 saturated carbocycles. The van der Waals surface area contributed by atoms with Gasteiger partial charge in [0.2, 0.25) is 5.91 Å². The number of pyridine rings is 1. The molecule has 3 rings (SSSR count). The number of amides is 1. The lowest BCUT2D eigenvalue weighted by atomic mass is 10.0. The molecule has 0 unspecified atom stereocenters. The zero-order chi connectivity index (χ0) is 15.7. The van der Waals surface area contributed by atoms with Gasteiger partial charge in [-0.2, -0.15) is 0 Å². The van der Waals surface area contributed by atoms with E-state index < -0.39 is 0 Å². The Bertz CT molecular complexity index is 698. The number of aryl methyl sites for hydroxylation is 1.